The van der Waals surface area contributed by atoms with E-state index in [1.54, 1.807) is 11.8 Å². The molecule has 1 heterocycles. The van der Waals surface area contributed by atoms with Gasteiger partial charge in [-0.15, -0.1) is 23.1 Å². The molecule has 0 bridgehead atoms. The van der Waals surface area contributed by atoms with Gasteiger partial charge in [-0.2, -0.15) is 0 Å². The van der Waals surface area contributed by atoms with E-state index in [4.69, 9.17) is 0 Å². The summed E-state index contributed by atoms with van der Waals surface area (Å²) in [4.78, 5) is 4.26. The fraction of sp³-hybridized carbons (Fsp3) is 0.231. The molecule has 0 saturated heterocycles. The van der Waals surface area contributed by atoms with Crippen LogP contribution < -0.4 is 0 Å². The monoisotopic (exact) mass is 390 g/mol. The van der Waals surface area contributed by atoms with Crippen LogP contribution in [0, 0.1) is 6.92 Å². The fourth-order valence-corrected chi connectivity index (χ4v) is 5.59. The molecule has 0 spiro atoms. The van der Waals surface area contributed by atoms with Crippen LogP contribution in [0.25, 0.3) is 0 Å². The summed E-state index contributed by atoms with van der Waals surface area (Å²) in [7, 11) is 0. The minimum Gasteiger partial charge on any atom is -0.143 e. The van der Waals surface area contributed by atoms with Gasteiger partial charge in [-0.25, -0.2) is 0 Å². The zero-order chi connectivity index (χ0) is 12.4. The molecule has 0 radical (unpaired) electrons. The Morgan fingerprint density at radius 3 is 2.59 bits per heavy atom. The van der Waals surface area contributed by atoms with Gasteiger partial charge in [0.15, 0.2) is 0 Å². The van der Waals surface area contributed by atoms with Crippen LogP contribution in [0.1, 0.15) is 20.1 Å². The first kappa shape index (κ1) is 13.7. The minimum atomic E-state index is 0.263. The Kier molecular flexibility index (Phi) is 4.75. The number of hydrogen-bond donors (Lipinski definition) is 0. The van der Waals surface area contributed by atoms with E-state index < -0.39 is 0 Å². The van der Waals surface area contributed by atoms with E-state index in [0.717, 1.165) is 0 Å². The van der Waals surface area contributed by atoms with Gasteiger partial charge in [0, 0.05) is 19.1 Å². The Morgan fingerprint density at radius 2 is 2.00 bits per heavy atom. The second-order valence-electron chi connectivity index (χ2n) is 3.67. The molecule has 0 fully saturated rings. The van der Waals surface area contributed by atoms with E-state index in [2.05, 4.69) is 75.4 Å². The summed E-state index contributed by atoms with van der Waals surface area (Å²) < 4.78 is 1.19. The highest BCUT2D eigenvalue weighted by molar-refractivity contribution is 9.11. The average molecular weight is 392 g/mol. The summed E-state index contributed by atoms with van der Waals surface area (Å²) in [5.41, 5.74) is 1.34. The molecule has 0 N–H and O–H groups in total. The van der Waals surface area contributed by atoms with Crippen LogP contribution in [-0.2, 0) is 0 Å². The quantitative estimate of drug-likeness (QED) is 0.454. The summed E-state index contributed by atoms with van der Waals surface area (Å²) in [6.07, 6.45) is 2.12. The lowest BCUT2D eigenvalue weighted by Crippen LogP contribution is -1.92. The molecular weight excluding hydrogens is 380 g/mol. The maximum atomic E-state index is 3.82. The molecule has 1 aromatic heterocycles. The van der Waals surface area contributed by atoms with Crippen molar-refractivity contribution in [1.82, 2.24) is 0 Å². The predicted molar refractivity (Wildman–Crippen MR) is 85.7 cm³/mol. The lowest BCUT2D eigenvalue weighted by Gasteiger charge is -2.13. The number of benzene rings is 1. The molecule has 90 valence electrons. The van der Waals surface area contributed by atoms with Gasteiger partial charge in [0.05, 0.1) is 4.83 Å². The van der Waals surface area contributed by atoms with Gasteiger partial charge in [0.2, 0.25) is 0 Å². The highest BCUT2D eigenvalue weighted by Gasteiger charge is 2.18. The molecule has 0 aliphatic rings. The zero-order valence-electron chi connectivity index (χ0n) is 9.54. The van der Waals surface area contributed by atoms with Crippen LogP contribution in [-0.4, -0.2) is 6.26 Å². The number of aryl methyl sites for hydroxylation is 1. The standard InChI is InChI=1S/C13H12Br2S2/c1-8-7-10(14)13(17-8)12(15)9-5-3-4-6-11(9)16-2/h3-7,12H,1-2H3. The average Bonchev–Trinajstić information content (AvgIpc) is 2.67. The van der Waals surface area contributed by atoms with Gasteiger partial charge in [0.1, 0.15) is 0 Å². The molecule has 0 aliphatic heterocycles. The first-order valence-corrected chi connectivity index (χ1v) is 8.91. The Morgan fingerprint density at radius 1 is 1.29 bits per heavy atom. The van der Waals surface area contributed by atoms with Crippen LogP contribution in [0.3, 0.4) is 0 Å². The van der Waals surface area contributed by atoms with Crippen molar-refractivity contribution < 1.29 is 0 Å². The third-order valence-electron chi connectivity index (χ3n) is 2.48. The summed E-state index contributed by atoms with van der Waals surface area (Å²) in [5.74, 6) is 0. The van der Waals surface area contributed by atoms with Crippen LogP contribution >= 0.6 is 55.0 Å². The normalized spacial score (nSPS) is 12.7. The molecule has 1 atom stereocenters. The summed E-state index contributed by atoms with van der Waals surface area (Å²) in [6, 6.07) is 10.7. The fourth-order valence-electron chi connectivity index (χ4n) is 1.69. The van der Waals surface area contributed by atoms with Crippen molar-refractivity contribution >= 4 is 55.0 Å². The molecule has 0 nitrogen and oxygen atoms in total. The van der Waals surface area contributed by atoms with Crippen molar-refractivity contribution in [2.24, 2.45) is 0 Å². The second-order valence-corrected chi connectivity index (χ2v) is 7.58. The van der Waals surface area contributed by atoms with E-state index in [-0.39, 0.29) is 4.83 Å². The molecule has 1 unspecified atom stereocenters. The largest absolute Gasteiger partial charge is 0.143 e. The SMILES string of the molecule is CSc1ccccc1C(Br)c1sc(C)cc1Br. The molecule has 17 heavy (non-hydrogen) atoms. The van der Waals surface area contributed by atoms with E-state index in [1.165, 1.54) is 24.7 Å². The van der Waals surface area contributed by atoms with Crippen molar-refractivity contribution in [2.45, 2.75) is 16.6 Å². The van der Waals surface area contributed by atoms with Crippen LogP contribution in [0.4, 0.5) is 0 Å². The highest BCUT2D eigenvalue weighted by atomic mass is 79.9. The third-order valence-corrected chi connectivity index (χ3v) is 6.58. The van der Waals surface area contributed by atoms with Crippen LogP contribution in [0.5, 0.6) is 0 Å². The van der Waals surface area contributed by atoms with Crippen LogP contribution in [0.15, 0.2) is 39.7 Å². The van der Waals surface area contributed by atoms with Gasteiger partial charge in [0.25, 0.3) is 0 Å². The van der Waals surface area contributed by atoms with E-state index in [1.807, 2.05) is 11.3 Å². The molecule has 0 aliphatic carbocycles. The molecule has 2 rings (SSSR count). The van der Waals surface area contributed by atoms with Gasteiger partial charge >= 0.3 is 0 Å². The molecular formula is C13H12Br2S2. The van der Waals surface area contributed by atoms with Crippen LogP contribution in [0.2, 0.25) is 0 Å². The topological polar surface area (TPSA) is 0 Å². The molecule has 2 aromatic rings. The van der Waals surface area contributed by atoms with Gasteiger partial charge in [-0.3, -0.25) is 0 Å². The zero-order valence-corrected chi connectivity index (χ0v) is 14.3. The predicted octanol–water partition coefficient (Wildman–Crippen LogP) is 6.03. The lowest BCUT2D eigenvalue weighted by molar-refractivity contribution is 1.14. The first-order chi connectivity index (χ1) is 8.13. The second kappa shape index (κ2) is 5.91. The molecule has 4 heteroatoms. The number of thiophene rings is 1. The van der Waals surface area contributed by atoms with E-state index in [0.29, 0.717) is 0 Å². The number of rotatable bonds is 3. The molecule has 0 saturated carbocycles. The summed E-state index contributed by atoms with van der Waals surface area (Å²) >= 11 is 11.1. The number of halogens is 2. The lowest BCUT2D eigenvalue weighted by atomic mass is 10.1. The maximum absolute atomic E-state index is 3.82. The maximum Gasteiger partial charge on any atom is 0.0760 e. The van der Waals surface area contributed by atoms with Crippen molar-refractivity contribution in [3.05, 3.63) is 50.1 Å². The van der Waals surface area contributed by atoms with E-state index in [9.17, 15) is 0 Å². The third kappa shape index (κ3) is 2.98. The van der Waals surface area contributed by atoms with Crippen molar-refractivity contribution in [3.8, 4) is 0 Å². The van der Waals surface area contributed by atoms with Gasteiger partial charge in [-0.1, -0.05) is 34.1 Å². The Balaban J connectivity index is 2.43. The van der Waals surface area contributed by atoms with E-state index >= 15 is 0 Å². The Labute approximate surface area is 127 Å². The smallest absolute Gasteiger partial charge is 0.0760 e. The van der Waals surface area contributed by atoms with Crippen molar-refractivity contribution in [1.29, 1.82) is 0 Å². The highest BCUT2D eigenvalue weighted by Crippen LogP contribution is 2.43. The van der Waals surface area contributed by atoms with Crippen molar-refractivity contribution in [2.75, 3.05) is 6.26 Å². The van der Waals surface area contributed by atoms with Gasteiger partial charge < -0.3 is 0 Å². The summed E-state index contributed by atoms with van der Waals surface area (Å²) in [6.45, 7) is 2.14. The number of hydrogen-bond acceptors (Lipinski definition) is 2. The Bertz CT molecular complexity index is 520. The van der Waals surface area contributed by atoms with Gasteiger partial charge in [-0.05, 0) is 46.8 Å². The molecule has 1 aromatic carbocycles. The molecule has 0 amide bonds. The minimum absolute atomic E-state index is 0.263. The Hall–Kier alpha value is 0.230. The number of alkyl halides is 1. The number of thioether (sulfide) groups is 1. The van der Waals surface area contributed by atoms with Crippen molar-refractivity contribution in [3.63, 3.8) is 0 Å². The first-order valence-electron chi connectivity index (χ1n) is 5.16. The summed E-state index contributed by atoms with van der Waals surface area (Å²) in [5, 5.41) is 0.